The Hall–Kier alpha value is -2.23. The fourth-order valence-corrected chi connectivity index (χ4v) is 3.43. The Kier molecular flexibility index (Phi) is 4.89. The number of hydrogen-bond donors (Lipinski definition) is 4. The van der Waals surface area contributed by atoms with E-state index in [-0.39, 0.29) is 28.0 Å². The molecule has 8 nitrogen and oxygen atoms in total. The van der Waals surface area contributed by atoms with Crippen molar-refractivity contribution in [1.82, 2.24) is 10.3 Å². The number of aliphatic imine (C=N–C) groups is 1. The number of anilines is 1. The number of rotatable bonds is 3. The average Bonchev–Trinajstić information content (AvgIpc) is 2.57. The van der Waals surface area contributed by atoms with Gasteiger partial charge in [0.25, 0.3) is 11.8 Å². The molecule has 2 amide bonds. The van der Waals surface area contributed by atoms with Gasteiger partial charge in [-0.3, -0.25) is 14.6 Å². The van der Waals surface area contributed by atoms with E-state index in [0.717, 1.165) is 5.56 Å². The Morgan fingerprint density at radius 2 is 2.28 bits per heavy atom. The van der Waals surface area contributed by atoms with Crippen LogP contribution in [0.1, 0.15) is 15.9 Å². The Morgan fingerprint density at radius 3 is 2.96 bits per heavy atom. The Bertz CT molecular complexity index is 809. The first-order chi connectivity index (χ1) is 11.9. The molecule has 10 heteroatoms. The summed E-state index contributed by atoms with van der Waals surface area (Å²) in [5, 5.41) is 7.23. The van der Waals surface area contributed by atoms with Gasteiger partial charge in [-0.05, 0) is 30.4 Å². The van der Waals surface area contributed by atoms with Crippen LogP contribution in [0.4, 0.5) is 5.69 Å². The summed E-state index contributed by atoms with van der Waals surface area (Å²) >= 11 is 7.54. The first-order valence-electron chi connectivity index (χ1n) is 7.44. The molecule has 0 spiro atoms. The van der Waals surface area contributed by atoms with E-state index in [1.54, 1.807) is 6.07 Å². The largest absolute Gasteiger partial charge is 0.365 e. The van der Waals surface area contributed by atoms with Crippen LogP contribution < -0.4 is 22.2 Å². The maximum Gasteiger partial charge on any atom is 0.268 e. The zero-order valence-electron chi connectivity index (χ0n) is 13.4. The van der Waals surface area contributed by atoms with Crippen LogP contribution in [-0.4, -0.2) is 41.0 Å². The summed E-state index contributed by atoms with van der Waals surface area (Å²) in [5.74, 6) is 4.99. The second-order valence-electron chi connectivity index (χ2n) is 5.51. The number of carbonyl (C=O) groups excluding carboxylic acids is 2. The Balaban J connectivity index is 1.94. The molecule has 2 aliphatic rings. The zero-order valence-corrected chi connectivity index (χ0v) is 14.9. The van der Waals surface area contributed by atoms with Crippen molar-refractivity contribution in [3.63, 3.8) is 0 Å². The minimum Gasteiger partial charge on any atom is -0.365 e. The van der Waals surface area contributed by atoms with Crippen molar-refractivity contribution in [2.45, 2.75) is 11.9 Å². The van der Waals surface area contributed by atoms with Crippen LogP contribution >= 0.6 is 23.4 Å². The number of hydrazine groups is 1. The van der Waals surface area contributed by atoms with Gasteiger partial charge in [0, 0.05) is 17.8 Å². The highest BCUT2D eigenvalue weighted by Gasteiger charge is 2.27. The summed E-state index contributed by atoms with van der Waals surface area (Å²) in [4.78, 5) is 28.3. The molecule has 3 rings (SSSR count). The molecule has 1 aromatic carbocycles. The molecule has 2 heterocycles. The molecular weight excluding hydrogens is 364 g/mol. The molecule has 1 aromatic rings. The molecule has 25 heavy (non-hydrogen) atoms. The van der Waals surface area contributed by atoms with Gasteiger partial charge in [0.05, 0.1) is 0 Å². The number of halogens is 1. The molecule has 0 bridgehead atoms. The molecular formula is C15H17ClN6O2S. The van der Waals surface area contributed by atoms with E-state index >= 15 is 0 Å². The number of benzene rings is 1. The monoisotopic (exact) mass is 380 g/mol. The van der Waals surface area contributed by atoms with E-state index in [1.807, 2.05) is 18.4 Å². The van der Waals surface area contributed by atoms with E-state index in [9.17, 15) is 9.59 Å². The number of hydrogen-bond acceptors (Lipinski definition) is 7. The highest BCUT2D eigenvalue weighted by atomic mass is 35.5. The van der Waals surface area contributed by atoms with E-state index in [0.29, 0.717) is 24.2 Å². The van der Waals surface area contributed by atoms with E-state index < -0.39 is 5.91 Å². The molecule has 132 valence electrons. The van der Waals surface area contributed by atoms with Crippen LogP contribution in [0.3, 0.4) is 0 Å². The maximum atomic E-state index is 12.2. The van der Waals surface area contributed by atoms with Crippen LogP contribution in [-0.2, 0) is 11.2 Å². The van der Waals surface area contributed by atoms with Crippen LogP contribution in [0.5, 0.6) is 0 Å². The predicted octanol–water partition coefficient (Wildman–Crippen LogP) is 0.555. The van der Waals surface area contributed by atoms with Gasteiger partial charge in [-0.15, -0.1) is 11.8 Å². The SMILES string of the molecule is CSC1N=C(Nc2ccc3c(c2)C(=O)N(N)CC3)C(C(N)=O)=C(Cl)N1. The molecule has 1 unspecified atom stereocenters. The Labute approximate surface area is 153 Å². The summed E-state index contributed by atoms with van der Waals surface area (Å²) in [6, 6.07) is 5.34. The van der Waals surface area contributed by atoms with E-state index in [1.165, 1.54) is 16.8 Å². The van der Waals surface area contributed by atoms with Crippen LogP contribution in [0.2, 0.25) is 0 Å². The predicted molar refractivity (Wildman–Crippen MR) is 98.9 cm³/mol. The smallest absolute Gasteiger partial charge is 0.268 e. The number of nitrogens with one attached hydrogen (secondary N) is 2. The Morgan fingerprint density at radius 1 is 1.52 bits per heavy atom. The molecule has 2 aliphatic heterocycles. The number of carbonyl (C=O) groups is 2. The van der Waals surface area contributed by atoms with Crippen molar-refractivity contribution in [3.8, 4) is 0 Å². The molecule has 0 saturated heterocycles. The third kappa shape index (κ3) is 3.44. The first-order valence-corrected chi connectivity index (χ1v) is 9.11. The molecule has 0 aliphatic carbocycles. The fraction of sp³-hybridized carbons (Fsp3) is 0.267. The fourth-order valence-electron chi connectivity index (χ4n) is 2.64. The van der Waals surface area contributed by atoms with Crippen molar-refractivity contribution in [2.24, 2.45) is 16.6 Å². The number of fused-ring (bicyclic) bond motifs is 1. The second-order valence-corrected chi connectivity index (χ2v) is 6.80. The number of nitrogens with zero attached hydrogens (tertiary/aromatic N) is 2. The zero-order chi connectivity index (χ0) is 18.1. The van der Waals surface area contributed by atoms with Crippen LogP contribution in [0.25, 0.3) is 0 Å². The quantitative estimate of drug-likeness (QED) is 0.345. The van der Waals surface area contributed by atoms with Gasteiger partial charge in [-0.25, -0.2) is 10.8 Å². The first kappa shape index (κ1) is 17.6. The molecule has 6 N–H and O–H groups in total. The van der Waals surface area contributed by atoms with E-state index in [4.69, 9.17) is 23.2 Å². The molecule has 0 aromatic heterocycles. The van der Waals surface area contributed by atoms with Gasteiger partial charge in [-0.2, -0.15) is 0 Å². The lowest BCUT2D eigenvalue weighted by molar-refractivity contribution is -0.114. The van der Waals surface area contributed by atoms with Crippen molar-refractivity contribution >= 4 is 46.7 Å². The van der Waals surface area contributed by atoms with Crippen molar-refractivity contribution in [1.29, 1.82) is 0 Å². The van der Waals surface area contributed by atoms with Gasteiger partial charge in [0.1, 0.15) is 16.6 Å². The number of amidine groups is 1. The minimum absolute atomic E-state index is 0.0662. The molecule has 0 radical (unpaired) electrons. The normalized spacial score (nSPS) is 20.0. The third-order valence-electron chi connectivity index (χ3n) is 3.91. The summed E-state index contributed by atoms with van der Waals surface area (Å²) in [6.45, 7) is 0.483. The molecule has 1 atom stereocenters. The topological polar surface area (TPSA) is 126 Å². The minimum atomic E-state index is -0.703. The van der Waals surface area contributed by atoms with Gasteiger partial charge in [0.15, 0.2) is 5.50 Å². The highest BCUT2D eigenvalue weighted by molar-refractivity contribution is 7.99. The highest BCUT2D eigenvalue weighted by Crippen LogP contribution is 2.24. The number of primary amides is 1. The summed E-state index contributed by atoms with van der Waals surface area (Å²) < 4.78 is 0. The van der Waals surface area contributed by atoms with Crippen LogP contribution in [0, 0.1) is 0 Å². The lowest BCUT2D eigenvalue weighted by atomic mass is 9.99. The average molecular weight is 381 g/mol. The number of thioether (sulfide) groups is 1. The van der Waals surface area contributed by atoms with Gasteiger partial charge in [0.2, 0.25) is 0 Å². The lowest BCUT2D eigenvalue weighted by Gasteiger charge is -2.26. The second kappa shape index (κ2) is 6.95. The van der Waals surface area contributed by atoms with Crippen molar-refractivity contribution in [2.75, 3.05) is 18.1 Å². The summed E-state index contributed by atoms with van der Waals surface area (Å²) in [7, 11) is 0. The van der Waals surface area contributed by atoms with Crippen molar-refractivity contribution in [3.05, 3.63) is 40.1 Å². The number of amides is 2. The van der Waals surface area contributed by atoms with Crippen molar-refractivity contribution < 1.29 is 9.59 Å². The third-order valence-corrected chi connectivity index (χ3v) is 4.88. The summed E-state index contributed by atoms with van der Waals surface area (Å²) in [5.41, 5.74) is 7.16. The van der Waals surface area contributed by atoms with Crippen LogP contribution in [0.15, 0.2) is 33.9 Å². The number of nitrogens with two attached hydrogens (primary N) is 2. The van der Waals surface area contributed by atoms with E-state index in [2.05, 4.69) is 15.6 Å². The van der Waals surface area contributed by atoms with Gasteiger partial charge in [-0.1, -0.05) is 17.7 Å². The lowest BCUT2D eigenvalue weighted by Crippen LogP contribution is -2.42. The molecule has 0 fully saturated rings. The maximum absolute atomic E-state index is 12.2. The molecule has 0 saturated carbocycles. The van der Waals surface area contributed by atoms with Gasteiger partial charge >= 0.3 is 0 Å². The summed E-state index contributed by atoms with van der Waals surface area (Å²) in [6.07, 6.45) is 2.54. The van der Waals surface area contributed by atoms with Gasteiger partial charge < -0.3 is 16.4 Å². The standard InChI is InChI=1S/C15H17ClN6O2S/c1-25-15-20-11(16)10(12(17)23)13(21-15)19-8-3-2-7-4-5-22(18)14(24)9(7)6-8/h2-3,6,15,20H,4-5,18H2,1H3,(H2,17,23)(H,19,21).